The number of rotatable bonds is 8. The molecule has 6 nitrogen and oxygen atoms in total. The summed E-state index contributed by atoms with van der Waals surface area (Å²) in [5, 5.41) is 0. The second-order valence-corrected chi connectivity index (χ2v) is 9.26. The predicted octanol–water partition coefficient (Wildman–Crippen LogP) is 3.48. The number of hydrogen-bond donors (Lipinski definition) is 1. The molecule has 0 bridgehead atoms. The molecule has 0 unspecified atom stereocenters. The molecule has 0 spiro atoms. The van der Waals surface area contributed by atoms with E-state index in [1.165, 1.54) is 11.6 Å². The molecule has 1 amide bonds. The predicted molar refractivity (Wildman–Crippen MR) is 117 cm³/mol. The molecule has 0 aromatic heterocycles. The summed E-state index contributed by atoms with van der Waals surface area (Å²) in [6.45, 7) is 5.48. The summed E-state index contributed by atoms with van der Waals surface area (Å²) < 4.78 is 33.1. The largest absolute Gasteiger partial charge is 0.492 e. The van der Waals surface area contributed by atoms with Crippen molar-refractivity contribution in [2.75, 3.05) is 26.2 Å². The first-order valence-corrected chi connectivity index (χ1v) is 12.0. The first kappa shape index (κ1) is 22.3. The lowest BCUT2D eigenvalue weighted by molar-refractivity contribution is 0.0690. The van der Waals surface area contributed by atoms with Crippen LogP contribution in [0.1, 0.15) is 42.6 Å². The Balaban J connectivity index is 1.71. The fourth-order valence-electron chi connectivity index (χ4n) is 3.86. The number of sulfonamides is 1. The molecule has 162 valence electrons. The maximum absolute atomic E-state index is 13.0. The van der Waals surface area contributed by atoms with Gasteiger partial charge in [0.15, 0.2) is 0 Å². The van der Waals surface area contributed by atoms with Gasteiger partial charge in [-0.2, -0.15) is 0 Å². The van der Waals surface area contributed by atoms with Crippen LogP contribution in [0.25, 0.3) is 0 Å². The normalized spacial score (nSPS) is 15.2. The van der Waals surface area contributed by atoms with Crippen LogP contribution in [0.4, 0.5) is 0 Å². The van der Waals surface area contributed by atoms with Gasteiger partial charge in [0.2, 0.25) is 10.0 Å². The van der Waals surface area contributed by atoms with Crippen LogP contribution in [0, 0.1) is 5.92 Å². The van der Waals surface area contributed by atoms with E-state index in [2.05, 4.69) is 29.0 Å². The van der Waals surface area contributed by atoms with E-state index < -0.39 is 10.0 Å². The average molecular weight is 431 g/mol. The van der Waals surface area contributed by atoms with Gasteiger partial charge < -0.3 is 9.64 Å². The maximum Gasteiger partial charge on any atom is 0.253 e. The van der Waals surface area contributed by atoms with Crippen molar-refractivity contribution in [2.24, 2.45) is 5.92 Å². The van der Waals surface area contributed by atoms with E-state index in [1.807, 2.05) is 11.0 Å². The summed E-state index contributed by atoms with van der Waals surface area (Å²) in [5.74, 6) is 0.683. The lowest BCUT2D eigenvalue weighted by Crippen LogP contribution is -2.39. The molecular weight excluding hydrogens is 400 g/mol. The van der Waals surface area contributed by atoms with E-state index in [4.69, 9.17) is 4.74 Å². The summed E-state index contributed by atoms with van der Waals surface area (Å²) in [4.78, 5) is 14.9. The van der Waals surface area contributed by atoms with Gasteiger partial charge in [0.25, 0.3) is 5.91 Å². The zero-order chi connectivity index (χ0) is 21.6. The molecular formula is C23H30N2O4S. The Labute approximate surface area is 179 Å². The molecule has 0 radical (unpaired) electrons. The highest BCUT2D eigenvalue weighted by molar-refractivity contribution is 7.89. The number of piperidine rings is 1. The van der Waals surface area contributed by atoms with Crippen molar-refractivity contribution in [3.8, 4) is 5.75 Å². The quantitative estimate of drug-likeness (QED) is 0.696. The number of amides is 1. The third kappa shape index (κ3) is 5.40. The third-order valence-corrected chi connectivity index (χ3v) is 6.95. The van der Waals surface area contributed by atoms with Crippen molar-refractivity contribution < 1.29 is 17.9 Å². The van der Waals surface area contributed by atoms with Gasteiger partial charge in [0.05, 0.1) is 6.61 Å². The van der Waals surface area contributed by atoms with Gasteiger partial charge in [-0.05, 0) is 55.9 Å². The Morgan fingerprint density at radius 1 is 1.10 bits per heavy atom. The highest BCUT2D eigenvalue weighted by atomic mass is 32.2. The molecule has 2 aromatic rings. The fourth-order valence-corrected chi connectivity index (χ4v) is 5.07. The SMILES string of the molecule is CCNS(=O)(=O)c1cc(C(=O)N2CCC(Cc3ccccc3)CC2)ccc1OCC. The van der Waals surface area contributed by atoms with E-state index >= 15 is 0 Å². The van der Waals surface area contributed by atoms with E-state index in [0.29, 0.717) is 31.2 Å². The van der Waals surface area contributed by atoms with Crippen LogP contribution in [0.3, 0.4) is 0 Å². The van der Waals surface area contributed by atoms with Gasteiger partial charge >= 0.3 is 0 Å². The number of carbonyl (C=O) groups excluding carboxylic acids is 1. The van der Waals surface area contributed by atoms with Gasteiger partial charge in [-0.3, -0.25) is 4.79 Å². The fraction of sp³-hybridized carbons (Fsp3) is 0.435. The first-order chi connectivity index (χ1) is 14.4. The Morgan fingerprint density at radius 2 is 1.80 bits per heavy atom. The third-order valence-electron chi connectivity index (χ3n) is 5.38. The van der Waals surface area contributed by atoms with Crippen LogP contribution in [0.5, 0.6) is 5.75 Å². The number of benzene rings is 2. The highest BCUT2D eigenvalue weighted by Gasteiger charge is 2.26. The molecule has 0 atom stereocenters. The Hall–Kier alpha value is -2.38. The summed E-state index contributed by atoms with van der Waals surface area (Å²) in [5.41, 5.74) is 1.70. The van der Waals surface area contributed by atoms with Crippen molar-refractivity contribution >= 4 is 15.9 Å². The summed E-state index contributed by atoms with van der Waals surface area (Å²) in [6.07, 6.45) is 2.91. The van der Waals surface area contributed by atoms with Crippen LogP contribution in [0.15, 0.2) is 53.4 Å². The Kier molecular flexibility index (Phi) is 7.50. The molecule has 30 heavy (non-hydrogen) atoms. The van der Waals surface area contributed by atoms with Gasteiger partial charge in [-0.15, -0.1) is 0 Å². The number of nitrogens with one attached hydrogen (secondary N) is 1. The zero-order valence-electron chi connectivity index (χ0n) is 17.6. The molecule has 1 aliphatic rings. The van der Waals surface area contributed by atoms with Gasteiger partial charge in [0, 0.05) is 25.2 Å². The Bertz CT molecular complexity index is 952. The molecule has 7 heteroatoms. The number of carbonyl (C=O) groups is 1. The van der Waals surface area contributed by atoms with Crippen LogP contribution in [-0.2, 0) is 16.4 Å². The van der Waals surface area contributed by atoms with Crippen molar-refractivity contribution in [1.29, 1.82) is 0 Å². The molecule has 1 fully saturated rings. The first-order valence-electron chi connectivity index (χ1n) is 10.5. The van der Waals surface area contributed by atoms with Crippen LogP contribution in [-0.4, -0.2) is 45.5 Å². The number of likely N-dealkylation sites (tertiary alicyclic amines) is 1. The maximum atomic E-state index is 13.0. The molecule has 0 aliphatic carbocycles. The molecule has 2 aromatic carbocycles. The smallest absolute Gasteiger partial charge is 0.253 e. The second kappa shape index (κ2) is 10.1. The van der Waals surface area contributed by atoms with Gasteiger partial charge in [-0.25, -0.2) is 13.1 Å². The molecule has 0 saturated carbocycles. The monoisotopic (exact) mass is 430 g/mol. The van der Waals surface area contributed by atoms with Crippen LogP contribution in [0.2, 0.25) is 0 Å². The van der Waals surface area contributed by atoms with E-state index in [1.54, 1.807) is 26.0 Å². The van der Waals surface area contributed by atoms with Crippen molar-refractivity contribution in [1.82, 2.24) is 9.62 Å². The van der Waals surface area contributed by atoms with Crippen molar-refractivity contribution in [3.63, 3.8) is 0 Å². The molecule has 1 heterocycles. The summed E-state index contributed by atoms with van der Waals surface area (Å²) in [7, 11) is -3.74. The lowest BCUT2D eigenvalue weighted by Gasteiger charge is -2.32. The number of nitrogens with zero attached hydrogens (tertiary/aromatic N) is 1. The minimum Gasteiger partial charge on any atom is -0.492 e. The highest BCUT2D eigenvalue weighted by Crippen LogP contribution is 2.27. The zero-order valence-corrected chi connectivity index (χ0v) is 18.5. The second-order valence-electron chi connectivity index (χ2n) is 7.52. The minimum absolute atomic E-state index is 0.0102. The van der Waals surface area contributed by atoms with Crippen LogP contribution >= 0.6 is 0 Å². The van der Waals surface area contributed by atoms with Crippen molar-refractivity contribution in [3.05, 3.63) is 59.7 Å². The minimum atomic E-state index is -3.74. The van der Waals surface area contributed by atoms with E-state index in [0.717, 1.165) is 19.3 Å². The van der Waals surface area contributed by atoms with Gasteiger partial charge in [-0.1, -0.05) is 37.3 Å². The Morgan fingerprint density at radius 3 is 2.43 bits per heavy atom. The lowest BCUT2D eigenvalue weighted by atomic mass is 9.90. The summed E-state index contributed by atoms with van der Waals surface area (Å²) >= 11 is 0. The summed E-state index contributed by atoms with van der Waals surface area (Å²) in [6, 6.07) is 15.1. The van der Waals surface area contributed by atoms with Crippen molar-refractivity contribution in [2.45, 2.75) is 38.0 Å². The molecule has 3 rings (SSSR count). The average Bonchev–Trinajstić information content (AvgIpc) is 2.75. The standard InChI is InChI=1S/C23H30N2O4S/c1-3-24-30(27,28)22-17-20(10-11-21(22)29-4-2)23(26)25-14-12-19(13-15-25)16-18-8-6-5-7-9-18/h5-11,17,19,24H,3-4,12-16H2,1-2H3. The van der Waals surface area contributed by atoms with E-state index in [-0.39, 0.29) is 23.1 Å². The van der Waals surface area contributed by atoms with Gasteiger partial charge in [0.1, 0.15) is 10.6 Å². The van der Waals surface area contributed by atoms with E-state index in [9.17, 15) is 13.2 Å². The molecule has 1 saturated heterocycles. The number of hydrogen-bond acceptors (Lipinski definition) is 4. The molecule has 1 N–H and O–H groups in total. The topological polar surface area (TPSA) is 75.7 Å². The van der Waals surface area contributed by atoms with Crippen LogP contribution < -0.4 is 9.46 Å². The number of ether oxygens (including phenoxy) is 1. The molecule has 1 aliphatic heterocycles.